The van der Waals surface area contributed by atoms with E-state index in [9.17, 15) is 43.5 Å². The maximum absolute atomic E-state index is 14.6. The van der Waals surface area contributed by atoms with Crippen molar-refractivity contribution in [3.05, 3.63) is 77.9 Å². The minimum absolute atomic E-state index is 0.0968. The lowest BCUT2D eigenvalue weighted by atomic mass is 9.89. The molecule has 4 rings (SSSR count). The maximum Gasteiger partial charge on any atom is 0.326 e. The maximum atomic E-state index is 14.6. The molecule has 1 saturated heterocycles. The molecule has 2 aliphatic heterocycles. The number of nitrogens with zero attached hydrogens (tertiary/aromatic N) is 4. The van der Waals surface area contributed by atoms with Gasteiger partial charge >= 0.3 is 5.97 Å². The van der Waals surface area contributed by atoms with E-state index < -0.39 is 89.7 Å². The number of benzene rings is 2. The van der Waals surface area contributed by atoms with E-state index in [1.54, 1.807) is 61.9 Å². The molecule has 1 fully saturated rings. The molecule has 0 radical (unpaired) electrons. The molecule has 0 aliphatic carbocycles. The number of imide groups is 1. The van der Waals surface area contributed by atoms with Crippen molar-refractivity contribution in [2.45, 2.75) is 123 Å². The summed E-state index contributed by atoms with van der Waals surface area (Å²) in [5, 5.41) is 15.6. The number of nitrogens with one attached hydrogen (secondary N) is 2. The number of methoxy groups -OCH3 is 2. The van der Waals surface area contributed by atoms with Gasteiger partial charge in [0.1, 0.15) is 18.1 Å². The van der Waals surface area contributed by atoms with Crippen LogP contribution in [0.5, 0.6) is 0 Å². The first-order chi connectivity index (χ1) is 31.7. The molecule has 1 unspecified atom stereocenters. The fourth-order valence-corrected chi connectivity index (χ4v) is 9.29. The van der Waals surface area contributed by atoms with Crippen LogP contribution in [0.1, 0.15) is 90.1 Å². The van der Waals surface area contributed by atoms with E-state index in [2.05, 4.69) is 10.6 Å². The molecule has 2 heterocycles. The zero-order chi connectivity index (χ0) is 49.9. The summed E-state index contributed by atoms with van der Waals surface area (Å²) in [5.74, 6) is -6.05. The number of carboxylic acids is 1. The average Bonchev–Trinajstić information content (AvgIpc) is 3.92. The van der Waals surface area contributed by atoms with Gasteiger partial charge in [0.25, 0.3) is 17.7 Å². The van der Waals surface area contributed by atoms with Gasteiger partial charge in [-0.15, -0.1) is 0 Å². The normalized spacial score (nSPS) is 18.5. The summed E-state index contributed by atoms with van der Waals surface area (Å²) in [6, 6.07) is 10.7. The fourth-order valence-electron chi connectivity index (χ4n) is 9.29. The Morgan fingerprint density at radius 1 is 0.806 bits per heavy atom. The second kappa shape index (κ2) is 24.2. The SMILES string of the molecule is CC[C@H](C)[C@@H](C(CC(=O)N1CCC[C@H]1[C@H](OC)[C@@H](C)C(=O)N[C@@H](Cc1ccccc1)C(=O)O)OC)N(C)C(=O)[C@@H](NC(=O)[C@H](C(C)C)N(C)C(=O)c1ccc(N2C(=O)C=CC2=O)cc1)C(C)C. The number of likely N-dealkylation sites (N-methyl/N-ethyl adjacent to an activating group) is 2. The summed E-state index contributed by atoms with van der Waals surface area (Å²) in [7, 11) is 6.10. The summed E-state index contributed by atoms with van der Waals surface area (Å²) in [6.07, 6.45) is 2.66. The van der Waals surface area contributed by atoms with Crippen molar-refractivity contribution < 1.29 is 52.9 Å². The minimum Gasteiger partial charge on any atom is -0.480 e. The smallest absolute Gasteiger partial charge is 0.326 e. The number of amides is 7. The van der Waals surface area contributed by atoms with E-state index in [4.69, 9.17) is 9.47 Å². The lowest BCUT2D eigenvalue weighted by molar-refractivity contribution is -0.148. The third kappa shape index (κ3) is 12.9. The van der Waals surface area contributed by atoms with Gasteiger partial charge in [-0.25, -0.2) is 9.69 Å². The Morgan fingerprint density at radius 3 is 1.94 bits per heavy atom. The molecule has 0 saturated carbocycles. The van der Waals surface area contributed by atoms with E-state index in [0.717, 1.165) is 10.5 Å². The van der Waals surface area contributed by atoms with E-state index in [-0.39, 0.29) is 42.1 Å². The predicted molar refractivity (Wildman–Crippen MR) is 251 cm³/mol. The van der Waals surface area contributed by atoms with Crippen LogP contribution in [0.4, 0.5) is 5.69 Å². The summed E-state index contributed by atoms with van der Waals surface area (Å²) >= 11 is 0. The average molecular weight is 931 g/mol. The van der Waals surface area contributed by atoms with Crippen LogP contribution in [-0.4, -0.2) is 144 Å². The number of rotatable bonds is 23. The zero-order valence-corrected chi connectivity index (χ0v) is 40.8. The Hall–Kier alpha value is -5.94. The molecule has 2 aromatic carbocycles. The molecular formula is C50H70N6O11. The van der Waals surface area contributed by atoms with Crippen LogP contribution in [-0.2, 0) is 49.5 Å². The number of hydrogen-bond donors (Lipinski definition) is 3. The van der Waals surface area contributed by atoms with E-state index in [1.165, 1.54) is 62.6 Å². The number of carboxylic acid groups (broad SMARTS) is 1. The first kappa shape index (κ1) is 53.7. The number of likely N-dealkylation sites (tertiary alicyclic amines) is 1. The number of aliphatic carboxylic acids is 1. The third-order valence-corrected chi connectivity index (χ3v) is 13.2. The molecule has 2 aliphatic rings. The van der Waals surface area contributed by atoms with Gasteiger partial charge in [0.2, 0.25) is 23.6 Å². The van der Waals surface area contributed by atoms with Gasteiger partial charge in [0.05, 0.1) is 42.3 Å². The molecule has 17 heteroatoms. The number of ether oxygens (including phenoxy) is 2. The molecular weight excluding hydrogens is 861 g/mol. The predicted octanol–water partition coefficient (Wildman–Crippen LogP) is 4.09. The number of carbonyl (C=O) groups is 8. The quantitative estimate of drug-likeness (QED) is 0.135. The first-order valence-corrected chi connectivity index (χ1v) is 23.1. The van der Waals surface area contributed by atoms with Gasteiger partial charge in [0.15, 0.2) is 0 Å². The highest BCUT2D eigenvalue weighted by Crippen LogP contribution is 2.30. The molecule has 67 heavy (non-hydrogen) atoms. The minimum atomic E-state index is -1.17. The largest absolute Gasteiger partial charge is 0.480 e. The van der Waals surface area contributed by atoms with Crippen LogP contribution in [0.2, 0.25) is 0 Å². The van der Waals surface area contributed by atoms with E-state index >= 15 is 0 Å². The Bertz CT molecular complexity index is 2090. The molecule has 0 bridgehead atoms. The van der Waals surface area contributed by atoms with Gasteiger partial charge in [-0.1, -0.05) is 85.2 Å². The van der Waals surface area contributed by atoms with Crippen LogP contribution >= 0.6 is 0 Å². The number of carbonyl (C=O) groups excluding carboxylic acids is 7. The highest BCUT2D eigenvalue weighted by Gasteiger charge is 2.44. The van der Waals surface area contributed by atoms with Gasteiger partial charge in [-0.3, -0.25) is 33.6 Å². The van der Waals surface area contributed by atoms with Crippen molar-refractivity contribution in [2.75, 3.05) is 39.8 Å². The summed E-state index contributed by atoms with van der Waals surface area (Å²) in [6.45, 7) is 13.2. The summed E-state index contributed by atoms with van der Waals surface area (Å²) in [4.78, 5) is 113. The Labute approximate surface area is 394 Å². The van der Waals surface area contributed by atoms with Crippen LogP contribution in [0.15, 0.2) is 66.7 Å². The van der Waals surface area contributed by atoms with Crippen molar-refractivity contribution in [2.24, 2.45) is 23.7 Å². The standard InChI is InChI=1S/C50H70N6O11/c1-12-31(6)44(38(66-10)28-41(59)55-26-16-19-37(55)45(67-11)32(7)46(60)51-36(50(64)65)27-33-17-14-13-15-18-33)54(9)49(63)42(29(2)3)52-47(61)43(30(4)5)53(8)48(62)34-20-22-35(23-21-34)56-39(57)24-25-40(56)58/h13-15,17-18,20-25,29-32,36-38,42-45H,12,16,19,26-28H2,1-11H3,(H,51,60)(H,52,61)(H,64,65)/t31-,32+,36-,37-,38?,42-,43-,44-,45+/m0/s1. The Balaban J connectivity index is 1.48. The summed E-state index contributed by atoms with van der Waals surface area (Å²) in [5.41, 5.74) is 1.29. The van der Waals surface area contributed by atoms with Crippen LogP contribution in [0.25, 0.3) is 0 Å². The van der Waals surface area contributed by atoms with Crippen molar-refractivity contribution in [3.63, 3.8) is 0 Å². The van der Waals surface area contributed by atoms with Crippen molar-refractivity contribution >= 4 is 53.0 Å². The zero-order valence-electron chi connectivity index (χ0n) is 40.8. The highest BCUT2D eigenvalue weighted by molar-refractivity contribution is 6.28. The lowest BCUT2D eigenvalue weighted by Crippen LogP contribution is -2.60. The number of hydrogen-bond acceptors (Lipinski definition) is 10. The highest BCUT2D eigenvalue weighted by atomic mass is 16.5. The fraction of sp³-hybridized carbons (Fsp3) is 0.560. The molecule has 366 valence electrons. The molecule has 9 atom stereocenters. The van der Waals surface area contributed by atoms with Crippen molar-refractivity contribution in [1.29, 1.82) is 0 Å². The monoisotopic (exact) mass is 931 g/mol. The Kier molecular flexibility index (Phi) is 19.4. The van der Waals surface area contributed by atoms with Crippen molar-refractivity contribution in [1.82, 2.24) is 25.3 Å². The second-order valence-corrected chi connectivity index (χ2v) is 18.4. The van der Waals surface area contributed by atoms with Gasteiger partial charge in [-0.05, 0) is 60.4 Å². The molecule has 17 nitrogen and oxygen atoms in total. The molecule has 0 aromatic heterocycles. The third-order valence-electron chi connectivity index (χ3n) is 13.2. The van der Waals surface area contributed by atoms with Gasteiger partial charge in [0, 0.05) is 59.0 Å². The van der Waals surface area contributed by atoms with Crippen LogP contribution in [0, 0.1) is 23.7 Å². The molecule has 2 aromatic rings. The first-order valence-electron chi connectivity index (χ1n) is 23.1. The lowest BCUT2D eigenvalue weighted by Gasteiger charge is -2.41. The van der Waals surface area contributed by atoms with Crippen LogP contribution in [0.3, 0.4) is 0 Å². The Morgan fingerprint density at radius 2 is 1.42 bits per heavy atom. The molecule has 7 amide bonds. The topological polar surface area (TPSA) is 212 Å². The van der Waals surface area contributed by atoms with E-state index in [0.29, 0.717) is 31.5 Å². The second-order valence-electron chi connectivity index (χ2n) is 18.4. The van der Waals surface area contributed by atoms with Gasteiger partial charge < -0.3 is 39.9 Å². The number of anilines is 1. The van der Waals surface area contributed by atoms with Gasteiger partial charge in [-0.2, -0.15) is 0 Å². The van der Waals surface area contributed by atoms with Crippen molar-refractivity contribution in [3.8, 4) is 0 Å². The molecule has 0 spiro atoms. The summed E-state index contributed by atoms with van der Waals surface area (Å²) < 4.78 is 11.9. The van der Waals surface area contributed by atoms with E-state index in [1.807, 2.05) is 33.8 Å². The van der Waals surface area contributed by atoms with Crippen LogP contribution < -0.4 is 15.5 Å². The molecule has 3 N–H and O–H groups in total.